The predicted molar refractivity (Wildman–Crippen MR) is 137 cm³/mol. The van der Waals surface area contributed by atoms with E-state index in [9.17, 15) is 9.59 Å². The van der Waals surface area contributed by atoms with Gasteiger partial charge in [0.05, 0.1) is 28.4 Å². The lowest BCUT2D eigenvalue weighted by Crippen LogP contribution is -2.20. The summed E-state index contributed by atoms with van der Waals surface area (Å²) in [4.78, 5) is 29.5. The smallest absolute Gasteiger partial charge is 0.272 e. The van der Waals surface area contributed by atoms with E-state index in [1.54, 1.807) is 48.7 Å². The van der Waals surface area contributed by atoms with Crippen molar-refractivity contribution in [3.05, 3.63) is 92.7 Å². The molecule has 2 atom stereocenters. The predicted octanol–water partition coefficient (Wildman–Crippen LogP) is 6.33. The van der Waals surface area contributed by atoms with Crippen LogP contribution in [0.25, 0.3) is 0 Å². The van der Waals surface area contributed by atoms with Gasteiger partial charge in [-0.15, -0.1) is 23.2 Å². The number of nitrogens with zero attached hydrogens (tertiary/aromatic N) is 2. The van der Waals surface area contributed by atoms with Crippen molar-refractivity contribution in [2.45, 2.75) is 10.3 Å². The summed E-state index contributed by atoms with van der Waals surface area (Å²) >= 11 is 31.1. The molecule has 1 aliphatic rings. The summed E-state index contributed by atoms with van der Waals surface area (Å²) in [6, 6.07) is 14.7. The number of hydrazone groups is 1. The minimum absolute atomic E-state index is 0.120. The van der Waals surface area contributed by atoms with Gasteiger partial charge < -0.3 is 5.32 Å². The first-order valence-corrected chi connectivity index (χ1v) is 11.7. The highest BCUT2D eigenvalue weighted by molar-refractivity contribution is 6.53. The third-order valence-corrected chi connectivity index (χ3v) is 6.82. The lowest BCUT2D eigenvalue weighted by Gasteiger charge is -2.09. The van der Waals surface area contributed by atoms with Crippen molar-refractivity contribution in [3.63, 3.8) is 0 Å². The number of benzene rings is 2. The number of rotatable bonds is 6. The zero-order chi connectivity index (χ0) is 24.5. The molecule has 174 valence electrons. The van der Waals surface area contributed by atoms with Gasteiger partial charge in [0.15, 0.2) is 0 Å². The van der Waals surface area contributed by atoms with E-state index < -0.39 is 28.0 Å². The molecule has 34 heavy (non-hydrogen) atoms. The number of alkyl halides is 2. The first-order valence-electron chi connectivity index (χ1n) is 9.85. The summed E-state index contributed by atoms with van der Waals surface area (Å²) in [5.74, 6) is -2.23. The standard InChI is InChI=1S/C23H15Cl5N4O2/c24-13-7-12(8-14(25)9-13)19-20(23(19,27)28)22(34)31-15-4-5-18(26)17(10-15)21(33)32-30-11-16-3-1-2-6-29-16/h1-11,19-20H,(H,31,34)(H,32,33). The third-order valence-electron chi connectivity index (χ3n) is 5.11. The summed E-state index contributed by atoms with van der Waals surface area (Å²) in [6.45, 7) is 0. The van der Waals surface area contributed by atoms with E-state index in [0.29, 0.717) is 27.0 Å². The molecule has 2 aromatic carbocycles. The summed E-state index contributed by atoms with van der Waals surface area (Å²) in [6.07, 6.45) is 3.00. The number of carbonyl (C=O) groups excluding carboxylic acids is 2. The van der Waals surface area contributed by atoms with Crippen LogP contribution >= 0.6 is 58.0 Å². The second-order valence-corrected chi connectivity index (χ2v) is 10.2. The van der Waals surface area contributed by atoms with Crippen molar-refractivity contribution in [2.75, 3.05) is 5.32 Å². The summed E-state index contributed by atoms with van der Waals surface area (Å²) < 4.78 is -1.33. The quantitative estimate of drug-likeness (QED) is 0.211. The van der Waals surface area contributed by atoms with Crippen LogP contribution in [0.5, 0.6) is 0 Å². The Morgan fingerprint density at radius 3 is 2.41 bits per heavy atom. The number of nitrogens with one attached hydrogen (secondary N) is 2. The lowest BCUT2D eigenvalue weighted by atomic mass is 10.1. The zero-order valence-corrected chi connectivity index (χ0v) is 20.9. The maximum atomic E-state index is 12.9. The van der Waals surface area contributed by atoms with Gasteiger partial charge in [-0.05, 0) is 54.1 Å². The topological polar surface area (TPSA) is 83.4 Å². The van der Waals surface area contributed by atoms with Crippen molar-refractivity contribution in [2.24, 2.45) is 11.0 Å². The van der Waals surface area contributed by atoms with E-state index in [4.69, 9.17) is 58.0 Å². The highest BCUT2D eigenvalue weighted by atomic mass is 35.5. The molecule has 2 unspecified atom stereocenters. The highest BCUT2D eigenvalue weighted by Gasteiger charge is 2.67. The molecular weight excluding hydrogens is 542 g/mol. The average Bonchev–Trinajstić information content (AvgIpc) is 3.37. The second-order valence-electron chi connectivity index (χ2n) is 7.47. The van der Waals surface area contributed by atoms with Crippen LogP contribution in [0.1, 0.15) is 27.5 Å². The Hall–Kier alpha value is -2.35. The van der Waals surface area contributed by atoms with Crippen molar-refractivity contribution >= 4 is 81.7 Å². The molecule has 11 heteroatoms. The van der Waals surface area contributed by atoms with Gasteiger partial charge in [0.25, 0.3) is 5.91 Å². The number of hydrogen-bond acceptors (Lipinski definition) is 4. The Morgan fingerprint density at radius 2 is 1.74 bits per heavy atom. The molecule has 2 N–H and O–H groups in total. The summed E-state index contributed by atoms with van der Waals surface area (Å²) in [7, 11) is 0. The van der Waals surface area contributed by atoms with E-state index in [-0.39, 0.29) is 10.6 Å². The highest BCUT2D eigenvalue weighted by Crippen LogP contribution is 2.65. The van der Waals surface area contributed by atoms with Crippen molar-refractivity contribution < 1.29 is 9.59 Å². The van der Waals surface area contributed by atoms with Crippen LogP contribution in [-0.2, 0) is 4.79 Å². The minimum atomic E-state index is -1.33. The Morgan fingerprint density at radius 1 is 1.00 bits per heavy atom. The number of hydrogen-bond donors (Lipinski definition) is 2. The van der Waals surface area contributed by atoms with Gasteiger partial charge in [-0.2, -0.15) is 5.10 Å². The molecule has 1 saturated carbocycles. The fourth-order valence-electron chi connectivity index (χ4n) is 3.49. The second kappa shape index (κ2) is 10.1. The number of pyridine rings is 1. The van der Waals surface area contributed by atoms with E-state index in [0.717, 1.165) is 0 Å². The molecule has 0 spiro atoms. The molecule has 0 aliphatic heterocycles. The van der Waals surface area contributed by atoms with Crippen LogP contribution in [0.2, 0.25) is 15.1 Å². The molecule has 0 bridgehead atoms. The van der Waals surface area contributed by atoms with Crippen LogP contribution in [0.15, 0.2) is 65.9 Å². The van der Waals surface area contributed by atoms with Crippen LogP contribution in [-0.4, -0.2) is 27.3 Å². The van der Waals surface area contributed by atoms with E-state index >= 15 is 0 Å². The molecule has 3 aromatic rings. The fourth-order valence-corrected chi connectivity index (χ4v) is 5.06. The van der Waals surface area contributed by atoms with E-state index in [1.807, 2.05) is 0 Å². The first-order chi connectivity index (χ1) is 16.2. The Balaban J connectivity index is 1.46. The van der Waals surface area contributed by atoms with Crippen LogP contribution in [0.3, 0.4) is 0 Å². The molecule has 6 nitrogen and oxygen atoms in total. The summed E-state index contributed by atoms with van der Waals surface area (Å²) in [5, 5.41) is 7.62. The molecule has 1 aromatic heterocycles. The molecule has 1 heterocycles. The van der Waals surface area contributed by atoms with Gasteiger partial charge in [0, 0.05) is 27.8 Å². The van der Waals surface area contributed by atoms with Gasteiger partial charge >= 0.3 is 0 Å². The molecule has 4 rings (SSSR count). The number of halogens is 5. The van der Waals surface area contributed by atoms with Gasteiger partial charge in [-0.3, -0.25) is 14.6 Å². The van der Waals surface area contributed by atoms with E-state index in [1.165, 1.54) is 18.3 Å². The Kier molecular flexibility index (Phi) is 7.36. The molecule has 2 amide bonds. The van der Waals surface area contributed by atoms with Crippen molar-refractivity contribution in [1.82, 2.24) is 10.4 Å². The molecule has 0 saturated heterocycles. The zero-order valence-electron chi connectivity index (χ0n) is 17.1. The number of anilines is 1. The van der Waals surface area contributed by atoms with E-state index in [2.05, 4.69) is 20.8 Å². The number of aromatic nitrogens is 1. The maximum Gasteiger partial charge on any atom is 0.272 e. The van der Waals surface area contributed by atoms with Gasteiger partial charge in [0.1, 0.15) is 4.33 Å². The molecule has 1 fully saturated rings. The van der Waals surface area contributed by atoms with Crippen molar-refractivity contribution in [1.29, 1.82) is 0 Å². The van der Waals surface area contributed by atoms with Crippen molar-refractivity contribution in [3.8, 4) is 0 Å². The minimum Gasteiger partial charge on any atom is -0.326 e. The van der Waals surface area contributed by atoms with Gasteiger partial charge in [-0.25, -0.2) is 5.43 Å². The number of carbonyl (C=O) groups is 2. The average molecular weight is 557 g/mol. The molecule has 0 radical (unpaired) electrons. The van der Waals surface area contributed by atoms with Gasteiger partial charge in [-0.1, -0.05) is 40.9 Å². The third kappa shape index (κ3) is 5.48. The fraction of sp³-hybridized carbons (Fsp3) is 0.130. The first kappa shape index (κ1) is 24.8. The molecule has 1 aliphatic carbocycles. The van der Waals surface area contributed by atoms with Crippen LogP contribution < -0.4 is 10.7 Å². The normalized spacial score (nSPS) is 18.5. The Labute approximate surface area is 220 Å². The van der Waals surface area contributed by atoms with Gasteiger partial charge in [0.2, 0.25) is 5.91 Å². The largest absolute Gasteiger partial charge is 0.326 e. The number of amides is 2. The molecular formula is C23H15Cl5N4O2. The SMILES string of the molecule is O=C(NN=Cc1ccccn1)c1cc(NC(=O)C2C(c3cc(Cl)cc(Cl)c3)C2(Cl)Cl)ccc1Cl. The maximum absolute atomic E-state index is 12.9. The lowest BCUT2D eigenvalue weighted by molar-refractivity contribution is -0.117. The monoisotopic (exact) mass is 554 g/mol. The van der Waals surface area contributed by atoms with Crippen LogP contribution in [0.4, 0.5) is 5.69 Å². The Bertz CT molecular complexity index is 1260. The summed E-state index contributed by atoms with van der Waals surface area (Å²) in [5.41, 5.74) is 4.07. The van der Waals surface area contributed by atoms with Crippen LogP contribution in [0, 0.1) is 5.92 Å².